The van der Waals surface area contributed by atoms with E-state index in [9.17, 15) is 4.79 Å². The van der Waals surface area contributed by atoms with Gasteiger partial charge in [0.15, 0.2) is 0 Å². The van der Waals surface area contributed by atoms with E-state index in [0.717, 1.165) is 12.8 Å². The number of unbranched alkanes of at least 4 members (excludes halogenated alkanes) is 1. The predicted molar refractivity (Wildman–Crippen MR) is 71.1 cm³/mol. The van der Waals surface area contributed by atoms with E-state index in [4.69, 9.17) is 23.1 Å². The van der Waals surface area contributed by atoms with E-state index in [1.165, 1.54) is 12.1 Å². The summed E-state index contributed by atoms with van der Waals surface area (Å²) >= 11 is 4.75. The summed E-state index contributed by atoms with van der Waals surface area (Å²) in [5.41, 5.74) is 5.90. The quantitative estimate of drug-likeness (QED) is 0.531. The molecule has 0 atom stereocenters. The predicted octanol–water partition coefficient (Wildman–Crippen LogP) is 1.58. The van der Waals surface area contributed by atoms with Crippen LogP contribution < -0.4 is 11.1 Å². The van der Waals surface area contributed by atoms with Crippen LogP contribution in [0.1, 0.15) is 29.6 Å². The topological polar surface area (TPSA) is 75.3 Å². The molecule has 92 valence electrons. The van der Waals surface area contributed by atoms with Gasteiger partial charge in [0, 0.05) is 12.1 Å². The zero-order chi connectivity index (χ0) is 12.7. The average molecular weight is 252 g/mol. The first kappa shape index (κ1) is 13.4. The first-order valence-corrected chi connectivity index (χ1v) is 5.86. The van der Waals surface area contributed by atoms with Crippen molar-refractivity contribution >= 4 is 23.1 Å². The van der Waals surface area contributed by atoms with Crippen LogP contribution in [0.5, 0.6) is 5.75 Å². The van der Waals surface area contributed by atoms with E-state index in [1.54, 1.807) is 12.1 Å². The normalized spacial score (nSPS) is 9.88. The molecule has 0 aliphatic rings. The number of carbonyl (C=O) groups excluding carboxylic acids is 1. The number of carbonyl (C=O) groups is 1. The van der Waals surface area contributed by atoms with Gasteiger partial charge in [0.2, 0.25) is 0 Å². The van der Waals surface area contributed by atoms with Crippen molar-refractivity contribution in [3.8, 4) is 5.75 Å². The highest BCUT2D eigenvalue weighted by atomic mass is 32.1. The zero-order valence-electron chi connectivity index (χ0n) is 9.48. The van der Waals surface area contributed by atoms with E-state index in [0.29, 0.717) is 23.5 Å². The van der Waals surface area contributed by atoms with Crippen molar-refractivity contribution in [1.29, 1.82) is 0 Å². The molecular weight excluding hydrogens is 236 g/mol. The van der Waals surface area contributed by atoms with Crippen LogP contribution in [0.3, 0.4) is 0 Å². The molecule has 5 heteroatoms. The van der Waals surface area contributed by atoms with Crippen LogP contribution in [-0.4, -0.2) is 22.5 Å². The largest absolute Gasteiger partial charge is 0.508 e. The lowest BCUT2D eigenvalue weighted by Crippen LogP contribution is -2.24. The third-order valence-electron chi connectivity index (χ3n) is 2.27. The molecule has 0 aliphatic heterocycles. The zero-order valence-corrected chi connectivity index (χ0v) is 10.3. The first-order valence-electron chi connectivity index (χ1n) is 5.45. The lowest BCUT2D eigenvalue weighted by molar-refractivity contribution is 0.0953. The lowest BCUT2D eigenvalue weighted by Gasteiger charge is -2.05. The van der Waals surface area contributed by atoms with Crippen molar-refractivity contribution in [1.82, 2.24) is 5.32 Å². The Hall–Kier alpha value is -1.62. The Morgan fingerprint density at radius 2 is 1.94 bits per heavy atom. The highest BCUT2D eigenvalue weighted by Crippen LogP contribution is 2.09. The molecular formula is C12H16N2O2S. The minimum atomic E-state index is -0.139. The van der Waals surface area contributed by atoms with Crippen LogP contribution in [0.2, 0.25) is 0 Å². The second kappa shape index (κ2) is 6.85. The molecule has 4 nitrogen and oxygen atoms in total. The van der Waals surface area contributed by atoms with Gasteiger partial charge in [-0.15, -0.1) is 0 Å². The second-order valence-electron chi connectivity index (χ2n) is 3.73. The van der Waals surface area contributed by atoms with Gasteiger partial charge >= 0.3 is 0 Å². The molecule has 4 N–H and O–H groups in total. The number of phenols is 1. The summed E-state index contributed by atoms with van der Waals surface area (Å²) in [6.07, 6.45) is 2.44. The fraction of sp³-hybridized carbons (Fsp3) is 0.333. The van der Waals surface area contributed by atoms with Crippen molar-refractivity contribution in [2.75, 3.05) is 6.54 Å². The Kier molecular flexibility index (Phi) is 5.42. The van der Waals surface area contributed by atoms with Crippen LogP contribution >= 0.6 is 12.2 Å². The lowest BCUT2D eigenvalue weighted by atomic mass is 10.2. The minimum Gasteiger partial charge on any atom is -0.508 e. The molecule has 0 bridgehead atoms. The highest BCUT2D eigenvalue weighted by Gasteiger charge is 2.03. The van der Waals surface area contributed by atoms with E-state index < -0.39 is 0 Å². The van der Waals surface area contributed by atoms with Crippen molar-refractivity contribution in [2.45, 2.75) is 19.3 Å². The smallest absolute Gasteiger partial charge is 0.251 e. The molecule has 1 aromatic rings. The molecule has 17 heavy (non-hydrogen) atoms. The molecule has 1 amide bonds. The van der Waals surface area contributed by atoms with Gasteiger partial charge in [-0.1, -0.05) is 12.2 Å². The number of rotatable bonds is 6. The molecule has 0 radical (unpaired) electrons. The number of amides is 1. The van der Waals surface area contributed by atoms with Crippen molar-refractivity contribution < 1.29 is 9.90 Å². The monoisotopic (exact) mass is 252 g/mol. The van der Waals surface area contributed by atoms with Gasteiger partial charge in [-0.3, -0.25) is 4.79 Å². The van der Waals surface area contributed by atoms with Crippen molar-refractivity contribution in [2.24, 2.45) is 5.73 Å². The van der Waals surface area contributed by atoms with Crippen molar-refractivity contribution in [3.05, 3.63) is 29.8 Å². The minimum absolute atomic E-state index is 0.139. The van der Waals surface area contributed by atoms with Crippen LogP contribution in [0.4, 0.5) is 0 Å². The van der Waals surface area contributed by atoms with Crippen LogP contribution in [0.15, 0.2) is 24.3 Å². The Balaban J connectivity index is 2.25. The molecule has 0 aromatic heterocycles. The Bertz CT molecular complexity index is 390. The SMILES string of the molecule is NC(=S)CCCCNC(=O)c1ccc(O)cc1. The Morgan fingerprint density at radius 1 is 1.29 bits per heavy atom. The van der Waals surface area contributed by atoms with Gasteiger partial charge < -0.3 is 16.2 Å². The van der Waals surface area contributed by atoms with Crippen LogP contribution in [0, 0.1) is 0 Å². The summed E-state index contributed by atoms with van der Waals surface area (Å²) in [6, 6.07) is 6.14. The number of nitrogens with one attached hydrogen (secondary N) is 1. The number of hydrogen-bond donors (Lipinski definition) is 3. The van der Waals surface area contributed by atoms with Crippen molar-refractivity contribution in [3.63, 3.8) is 0 Å². The number of phenolic OH excluding ortho intramolecular Hbond substituents is 1. The maximum absolute atomic E-state index is 11.6. The van der Waals surface area contributed by atoms with Gasteiger partial charge in [-0.05, 0) is 43.5 Å². The summed E-state index contributed by atoms with van der Waals surface area (Å²) in [5, 5.41) is 11.9. The fourth-order valence-electron chi connectivity index (χ4n) is 1.34. The molecule has 1 rings (SSSR count). The van der Waals surface area contributed by atoms with Gasteiger partial charge in [0.25, 0.3) is 5.91 Å². The maximum atomic E-state index is 11.6. The Labute approximate surface area is 106 Å². The van der Waals surface area contributed by atoms with E-state index in [1.807, 2.05) is 0 Å². The van der Waals surface area contributed by atoms with Gasteiger partial charge in [-0.2, -0.15) is 0 Å². The summed E-state index contributed by atoms with van der Waals surface area (Å²) < 4.78 is 0. The van der Waals surface area contributed by atoms with Gasteiger partial charge in [0.05, 0.1) is 4.99 Å². The van der Waals surface area contributed by atoms with Gasteiger partial charge in [-0.25, -0.2) is 0 Å². The molecule has 0 spiro atoms. The molecule has 1 aromatic carbocycles. The number of nitrogens with two attached hydrogens (primary N) is 1. The summed E-state index contributed by atoms with van der Waals surface area (Å²) in [5.74, 6) is 0.0123. The molecule has 0 saturated heterocycles. The third-order valence-corrected chi connectivity index (χ3v) is 2.47. The van der Waals surface area contributed by atoms with E-state index >= 15 is 0 Å². The van der Waals surface area contributed by atoms with Crippen LogP contribution in [0.25, 0.3) is 0 Å². The number of aromatic hydroxyl groups is 1. The number of hydrogen-bond acceptors (Lipinski definition) is 3. The molecule has 0 unspecified atom stereocenters. The van der Waals surface area contributed by atoms with E-state index in [-0.39, 0.29) is 11.7 Å². The standard InChI is InChI=1S/C12H16N2O2S/c13-11(17)3-1-2-8-14-12(16)9-4-6-10(15)7-5-9/h4-7,15H,1-3,8H2,(H2,13,17)(H,14,16). The molecule has 0 aliphatic carbocycles. The molecule has 0 fully saturated rings. The summed E-state index contributed by atoms with van der Waals surface area (Å²) in [7, 11) is 0. The highest BCUT2D eigenvalue weighted by molar-refractivity contribution is 7.80. The summed E-state index contributed by atoms with van der Waals surface area (Å²) in [4.78, 5) is 12.1. The summed E-state index contributed by atoms with van der Waals surface area (Å²) in [6.45, 7) is 0.600. The second-order valence-corrected chi connectivity index (χ2v) is 4.25. The van der Waals surface area contributed by atoms with Gasteiger partial charge in [0.1, 0.15) is 5.75 Å². The average Bonchev–Trinajstić information content (AvgIpc) is 2.29. The Morgan fingerprint density at radius 3 is 2.53 bits per heavy atom. The van der Waals surface area contributed by atoms with E-state index in [2.05, 4.69) is 5.32 Å². The molecule has 0 heterocycles. The fourth-order valence-corrected chi connectivity index (χ4v) is 1.49. The van der Waals surface area contributed by atoms with Crippen LogP contribution in [-0.2, 0) is 0 Å². The number of benzene rings is 1. The third kappa shape index (κ3) is 5.31. The number of thiocarbonyl (C=S) groups is 1. The maximum Gasteiger partial charge on any atom is 0.251 e. The first-order chi connectivity index (χ1) is 8.09. The molecule has 0 saturated carbocycles.